The maximum absolute atomic E-state index is 12.0. The molecule has 0 fully saturated rings. The molecular weight excluding hydrogens is 222 g/mol. The molecule has 2 heteroatoms. The molecule has 2 rings (SSSR count). The van der Waals surface area contributed by atoms with Crippen LogP contribution in [0.5, 0.6) is 0 Å². The molecule has 1 aromatic heterocycles. The summed E-state index contributed by atoms with van der Waals surface area (Å²) < 4.78 is 9.34. The molecule has 0 aliphatic heterocycles. The molecule has 1 aromatic carbocycles. The first kappa shape index (κ1) is 11.0. The Morgan fingerprint density at radius 3 is 2.72 bits per heavy atom. The Hall–Kier alpha value is -2.09. The molecule has 0 bridgehead atoms. The zero-order valence-electron chi connectivity index (χ0n) is 11.5. The summed E-state index contributed by atoms with van der Waals surface area (Å²) in [6.45, 7) is 2.57. The minimum absolute atomic E-state index is 0.132. The van der Waals surface area contributed by atoms with E-state index in [0.717, 1.165) is 17.7 Å². The van der Waals surface area contributed by atoms with Crippen molar-refractivity contribution in [3.8, 4) is 0 Å². The van der Waals surface area contributed by atoms with Crippen LogP contribution in [0, 0.1) is 0 Å². The molecule has 1 heterocycles. The highest BCUT2D eigenvalue weighted by Crippen LogP contribution is 2.06. The van der Waals surface area contributed by atoms with E-state index in [1.54, 1.807) is 10.6 Å². The third-order valence-corrected chi connectivity index (χ3v) is 2.72. The maximum atomic E-state index is 12.0. The molecule has 0 aliphatic rings. The predicted molar refractivity (Wildman–Crippen MR) is 75.6 cm³/mol. The summed E-state index contributed by atoms with van der Waals surface area (Å²) in [6, 6.07) is 13.2. The van der Waals surface area contributed by atoms with Crippen LogP contribution in [0.3, 0.4) is 0 Å². The van der Waals surface area contributed by atoms with Crippen LogP contribution in [0.4, 0.5) is 0 Å². The Kier molecular flexibility index (Phi) is 3.68. The number of hydrogen-bond donors (Lipinski definition) is 0. The Morgan fingerprint density at radius 1 is 1.22 bits per heavy atom. The number of hydrogen-bond acceptors (Lipinski definition) is 1. The van der Waals surface area contributed by atoms with Crippen molar-refractivity contribution in [3.05, 3.63) is 76.2 Å². The van der Waals surface area contributed by atoms with Gasteiger partial charge in [0.05, 0.1) is 7.92 Å². The van der Waals surface area contributed by atoms with E-state index in [0.29, 0.717) is 6.54 Å². The van der Waals surface area contributed by atoms with Crippen molar-refractivity contribution in [2.75, 3.05) is 0 Å². The zero-order chi connectivity index (χ0) is 13.7. The van der Waals surface area contributed by atoms with Gasteiger partial charge >= 0.3 is 0 Å². The van der Waals surface area contributed by atoms with Gasteiger partial charge in [0.15, 0.2) is 0 Å². The van der Waals surface area contributed by atoms with Crippen molar-refractivity contribution in [1.29, 1.82) is 0 Å². The lowest BCUT2D eigenvalue weighted by molar-refractivity contribution is 0.750. The van der Waals surface area contributed by atoms with E-state index in [9.17, 15) is 4.79 Å². The van der Waals surface area contributed by atoms with Crippen LogP contribution in [0.15, 0.2) is 59.4 Å². The molecule has 0 aliphatic carbocycles. The van der Waals surface area contributed by atoms with Crippen LogP contribution >= 0.6 is 0 Å². The molecule has 0 spiro atoms. The van der Waals surface area contributed by atoms with E-state index in [4.69, 9.17) is 1.37 Å². The summed E-state index contributed by atoms with van der Waals surface area (Å²) in [4.78, 5) is 12.0. The van der Waals surface area contributed by atoms with E-state index >= 15 is 0 Å². The number of pyridine rings is 1. The normalized spacial score (nSPS) is 11.7. The fourth-order valence-corrected chi connectivity index (χ4v) is 1.79. The van der Waals surface area contributed by atoms with Crippen LogP contribution in [-0.4, -0.2) is 4.57 Å². The highest BCUT2D eigenvalue weighted by atomic mass is 16.1. The summed E-state index contributed by atoms with van der Waals surface area (Å²) in [6.07, 6.45) is 4.81. The number of allylic oxidation sites excluding steroid dienone is 1. The van der Waals surface area contributed by atoms with Gasteiger partial charge in [0.1, 0.15) is 0 Å². The lowest BCUT2D eigenvalue weighted by Crippen LogP contribution is -2.21. The average Bonchev–Trinajstić information content (AvgIpc) is 2.41. The minimum Gasteiger partial charge on any atom is -0.304 e. The van der Waals surface area contributed by atoms with Crippen LogP contribution in [0.25, 0.3) is 6.08 Å². The van der Waals surface area contributed by atoms with Crippen LogP contribution in [0.2, 0.25) is 0 Å². The van der Waals surface area contributed by atoms with Gasteiger partial charge in [0.25, 0.3) is 5.56 Å². The lowest BCUT2D eigenvalue weighted by atomic mass is 10.2. The Balaban J connectivity index is 2.43. The Morgan fingerprint density at radius 2 is 2.00 bits per heavy atom. The van der Waals surface area contributed by atoms with E-state index in [1.165, 1.54) is 6.07 Å². The van der Waals surface area contributed by atoms with Gasteiger partial charge in [-0.3, -0.25) is 4.79 Å². The third kappa shape index (κ3) is 2.98. The second-order valence-electron chi connectivity index (χ2n) is 4.10. The number of aromatic nitrogens is 1. The number of nitrogens with zero attached hydrogens (tertiary/aromatic N) is 1. The van der Waals surface area contributed by atoms with Gasteiger partial charge in [-0.25, -0.2) is 0 Å². The van der Waals surface area contributed by atoms with Crippen LogP contribution < -0.4 is 5.56 Å². The second kappa shape index (κ2) is 6.01. The molecule has 0 N–H and O–H groups in total. The van der Waals surface area contributed by atoms with Crippen molar-refractivity contribution in [1.82, 2.24) is 4.57 Å². The Labute approximate surface area is 109 Å². The molecule has 0 saturated heterocycles. The first-order valence-electron chi connectivity index (χ1n) is 6.62. The largest absolute Gasteiger partial charge is 0.304 e. The van der Waals surface area contributed by atoms with E-state index in [1.807, 2.05) is 49.4 Å². The highest BCUT2D eigenvalue weighted by molar-refractivity contribution is 5.45. The van der Waals surface area contributed by atoms with Gasteiger partial charge in [0.2, 0.25) is 0 Å². The molecular formula is C16H17NO. The van der Waals surface area contributed by atoms with E-state index in [-0.39, 0.29) is 11.6 Å². The molecule has 0 radical (unpaired) electrons. The minimum atomic E-state index is -0.132. The standard InChI is InChI=1S/C16H17NO/c1-2-3-10-15-11-7-12-16(18)17(15)13-14-8-5-4-6-9-14/h3-12H,2,13H2,1H3/i7D. The fourth-order valence-electron chi connectivity index (χ4n) is 1.79. The van der Waals surface area contributed by atoms with Crippen LogP contribution in [-0.2, 0) is 6.54 Å². The van der Waals surface area contributed by atoms with Gasteiger partial charge < -0.3 is 4.57 Å². The summed E-state index contributed by atoms with van der Waals surface area (Å²) in [7, 11) is 0. The fraction of sp³-hybridized carbons (Fsp3) is 0.188. The third-order valence-electron chi connectivity index (χ3n) is 2.72. The molecule has 0 unspecified atom stereocenters. The smallest absolute Gasteiger partial charge is 0.251 e. The second-order valence-corrected chi connectivity index (χ2v) is 4.10. The summed E-state index contributed by atoms with van der Waals surface area (Å²) >= 11 is 0. The van der Waals surface area contributed by atoms with Crippen molar-refractivity contribution in [2.24, 2.45) is 0 Å². The van der Waals surface area contributed by atoms with E-state index < -0.39 is 0 Å². The van der Waals surface area contributed by atoms with Crippen molar-refractivity contribution in [2.45, 2.75) is 19.9 Å². The van der Waals surface area contributed by atoms with Gasteiger partial charge in [0, 0.05) is 11.8 Å². The highest BCUT2D eigenvalue weighted by Gasteiger charge is 2.01. The first-order chi connectivity index (χ1) is 9.20. The molecule has 92 valence electrons. The molecule has 2 aromatic rings. The van der Waals surface area contributed by atoms with Gasteiger partial charge in [-0.15, -0.1) is 0 Å². The van der Waals surface area contributed by atoms with Crippen LogP contribution in [0.1, 0.15) is 26.0 Å². The molecule has 0 amide bonds. The zero-order valence-corrected chi connectivity index (χ0v) is 10.5. The van der Waals surface area contributed by atoms with Gasteiger partial charge in [-0.2, -0.15) is 0 Å². The monoisotopic (exact) mass is 240 g/mol. The summed E-state index contributed by atoms with van der Waals surface area (Å²) in [5.41, 5.74) is 1.73. The lowest BCUT2D eigenvalue weighted by Gasteiger charge is -2.09. The molecule has 0 atom stereocenters. The molecule has 0 saturated carbocycles. The predicted octanol–water partition coefficient (Wildman–Crippen LogP) is 3.32. The summed E-state index contributed by atoms with van der Waals surface area (Å²) in [5, 5.41) is 0. The Bertz CT molecular complexity index is 629. The van der Waals surface area contributed by atoms with Crippen molar-refractivity contribution in [3.63, 3.8) is 0 Å². The van der Waals surface area contributed by atoms with Crippen molar-refractivity contribution < 1.29 is 1.37 Å². The van der Waals surface area contributed by atoms with Crippen molar-refractivity contribution >= 4 is 6.08 Å². The average molecular weight is 240 g/mol. The molecule has 2 nitrogen and oxygen atoms in total. The summed E-state index contributed by atoms with van der Waals surface area (Å²) in [5.74, 6) is 0. The first-order valence-corrected chi connectivity index (χ1v) is 6.12. The number of rotatable bonds is 4. The molecule has 18 heavy (non-hydrogen) atoms. The van der Waals surface area contributed by atoms with Gasteiger partial charge in [-0.1, -0.05) is 49.4 Å². The quantitative estimate of drug-likeness (QED) is 0.803. The van der Waals surface area contributed by atoms with E-state index in [2.05, 4.69) is 0 Å². The van der Waals surface area contributed by atoms with Gasteiger partial charge in [-0.05, 0) is 24.1 Å². The maximum Gasteiger partial charge on any atom is 0.251 e. The number of benzene rings is 1. The SMILES string of the molecule is [2H]c1cc(C=CCC)n(Cc2ccccc2)c(=O)c1. The topological polar surface area (TPSA) is 22.0 Å².